The number of hydrogen-bond donors (Lipinski definition) is 1. The average Bonchev–Trinajstić information content (AvgIpc) is 2.34. The van der Waals surface area contributed by atoms with E-state index in [9.17, 15) is 9.90 Å². The number of phenolic OH excluding ortho intramolecular Hbond substituents is 1. The Morgan fingerprint density at radius 1 is 1.29 bits per heavy atom. The Labute approximate surface area is 99.6 Å². The number of aromatic hydroxyl groups is 1. The lowest BCUT2D eigenvalue weighted by molar-refractivity contribution is 0.0525. The molecule has 3 nitrogen and oxygen atoms in total. The summed E-state index contributed by atoms with van der Waals surface area (Å²) >= 11 is 0. The van der Waals surface area contributed by atoms with Crippen LogP contribution in [0, 0.1) is 6.92 Å². The lowest BCUT2D eigenvalue weighted by Gasteiger charge is -2.10. The molecule has 0 aromatic heterocycles. The van der Waals surface area contributed by atoms with Crippen molar-refractivity contribution in [2.24, 2.45) is 0 Å². The summed E-state index contributed by atoms with van der Waals surface area (Å²) in [5.74, 6) is -0.291. The van der Waals surface area contributed by atoms with Crippen LogP contribution in [0.4, 0.5) is 0 Å². The first-order chi connectivity index (χ1) is 8.15. The van der Waals surface area contributed by atoms with Crippen molar-refractivity contribution in [1.29, 1.82) is 0 Å². The van der Waals surface area contributed by atoms with E-state index in [1.165, 1.54) is 6.07 Å². The Morgan fingerprint density at radius 3 is 2.59 bits per heavy atom. The second kappa shape index (κ2) is 4.45. The average molecular weight is 230 g/mol. The molecule has 0 radical (unpaired) electrons. The van der Waals surface area contributed by atoms with Gasteiger partial charge in [-0.3, -0.25) is 0 Å². The number of carbonyl (C=O) groups is 1. The summed E-state index contributed by atoms with van der Waals surface area (Å²) in [6, 6.07) is 8.91. The van der Waals surface area contributed by atoms with Gasteiger partial charge in [0.05, 0.1) is 12.2 Å². The fraction of sp³-hybridized carbons (Fsp3) is 0.214. The molecule has 2 aromatic rings. The summed E-state index contributed by atoms with van der Waals surface area (Å²) < 4.78 is 4.96. The Morgan fingerprint density at radius 2 is 1.94 bits per heavy atom. The Hall–Kier alpha value is -2.03. The van der Waals surface area contributed by atoms with Gasteiger partial charge >= 0.3 is 5.97 Å². The first kappa shape index (κ1) is 11.5. The van der Waals surface area contributed by atoms with Gasteiger partial charge < -0.3 is 9.84 Å². The molecule has 0 aliphatic heterocycles. The molecule has 0 atom stereocenters. The van der Waals surface area contributed by atoms with E-state index in [2.05, 4.69) is 0 Å². The minimum Gasteiger partial charge on any atom is -0.507 e. The molecule has 0 amide bonds. The molecule has 0 unspecified atom stereocenters. The normalized spacial score (nSPS) is 10.5. The monoisotopic (exact) mass is 230 g/mol. The SMILES string of the molecule is CCOC(=O)c1cc(O)c2ccccc2c1C. The van der Waals surface area contributed by atoms with E-state index in [1.807, 2.05) is 31.2 Å². The third-order valence-electron chi connectivity index (χ3n) is 2.79. The zero-order valence-corrected chi connectivity index (χ0v) is 9.86. The van der Waals surface area contributed by atoms with Crippen LogP contribution in [0.5, 0.6) is 5.75 Å². The molecule has 1 N–H and O–H groups in total. The van der Waals surface area contributed by atoms with Crippen LogP contribution in [0.2, 0.25) is 0 Å². The fourth-order valence-electron chi connectivity index (χ4n) is 1.92. The number of hydrogen-bond acceptors (Lipinski definition) is 3. The van der Waals surface area contributed by atoms with Crippen molar-refractivity contribution in [3.05, 3.63) is 41.5 Å². The van der Waals surface area contributed by atoms with E-state index in [0.29, 0.717) is 12.2 Å². The summed E-state index contributed by atoms with van der Waals surface area (Å²) in [6.07, 6.45) is 0. The molecule has 2 rings (SSSR count). The first-order valence-corrected chi connectivity index (χ1v) is 5.53. The van der Waals surface area contributed by atoms with Gasteiger partial charge in [0.2, 0.25) is 0 Å². The zero-order chi connectivity index (χ0) is 12.4. The van der Waals surface area contributed by atoms with Crippen LogP contribution in [-0.4, -0.2) is 17.7 Å². The molecule has 0 spiro atoms. The Kier molecular flexibility index (Phi) is 3.00. The van der Waals surface area contributed by atoms with Crippen molar-refractivity contribution in [1.82, 2.24) is 0 Å². The summed E-state index contributed by atoms with van der Waals surface area (Å²) in [6.45, 7) is 3.94. The maximum absolute atomic E-state index is 11.7. The van der Waals surface area contributed by atoms with Gasteiger partial charge in [-0.05, 0) is 30.9 Å². The number of phenols is 1. The van der Waals surface area contributed by atoms with E-state index in [1.54, 1.807) is 6.92 Å². The quantitative estimate of drug-likeness (QED) is 0.806. The maximum atomic E-state index is 11.7. The lowest BCUT2D eigenvalue weighted by Crippen LogP contribution is -2.06. The predicted octanol–water partition coefficient (Wildman–Crippen LogP) is 3.03. The summed E-state index contributed by atoms with van der Waals surface area (Å²) in [5, 5.41) is 11.5. The molecule has 0 aliphatic carbocycles. The Bertz CT molecular complexity index is 573. The fourth-order valence-corrected chi connectivity index (χ4v) is 1.92. The van der Waals surface area contributed by atoms with Crippen LogP contribution >= 0.6 is 0 Å². The number of fused-ring (bicyclic) bond motifs is 1. The molecule has 2 aromatic carbocycles. The predicted molar refractivity (Wildman–Crippen MR) is 66.3 cm³/mol. The van der Waals surface area contributed by atoms with Crippen molar-refractivity contribution >= 4 is 16.7 Å². The highest BCUT2D eigenvalue weighted by Gasteiger charge is 2.14. The third-order valence-corrected chi connectivity index (χ3v) is 2.79. The van der Waals surface area contributed by atoms with Crippen LogP contribution in [-0.2, 0) is 4.74 Å². The molecule has 0 saturated heterocycles. The van der Waals surface area contributed by atoms with Gasteiger partial charge in [0.25, 0.3) is 0 Å². The van der Waals surface area contributed by atoms with E-state index in [0.717, 1.165) is 16.3 Å². The van der Waals surface area contributed by atoms with Gasteiger partial charge in [-0.2, -0.15) is 0 Å². The van der Waals surface area contributed by atoms with Crippen molar-refractivity contribution < 1.29 is 14.6 Å². The van der Waals surface area contributed by atoms with Crippen molar-refractivity contribution in [2.45, 2.75) is 13.8 Å². The molecule has 0 heterocycles. The number of aryl methyl sites for hydroxylation is 1. The summed E-state index contributed by atoms with van der Waals surface area (Å²) in [4.78, 5) is 11.7. The first-order valence-electron chi connectivity index (χ1n) is 5.53. The summed E-state index contributed by atoms with van der Waals surface area (Å²) in [5.41, 5.74) is 1.25. The summed E-state index contributed by atoms with van der Waals surface area (Å²) in [7, 11) is 0. The van der Waals surface area contributed by atoms with Crippen LogP contribution in [0.3, 0.4) is 0 Å². The molecule has 88 valence electrons. The van der Waals surface area contributed by atoms with E-state index in [4.69, 9.17) is 4.74 Å². The number of rotatable bonds is 2. The van der Waals surface area contributed by atoms with E-state index < -0.39 is 5.97 Å². The van der Waals surface area contributed by atoms with Gasteiger partial charge in [-0.25, -0.2) is 4.79 Å². The smallest absolute Gasteiger partial charge is 0.338 e. The number of esters is 1. The maximum Gasteiger partial charge on any atom is 0.338 e. The van der Waals surface area contributed by atoms with Crippen LogP contribution in [0.25, 0.3) is 10.8 Å². The van der Waals surface area contributed by atoms with Crippen LogP contribution < -0.4 is 0 Å². The van der Waals surface area contributed by atoms with Gasteiger partial charge in [-0.1, -0.05) is 24.3 Å². The van der Waals surface area contributed by atoms with E-state index in [-0.39, 0.29) is 5.75 Å². The topological polar surface area (TPSA) is 46.5 Å². The van der Waals surface area contributed by atoms with E-state index >= 15 is 0 Å². The molecule has 17 heavy (non-hydrogen) atoms. The molecular weight excluding hydrogens is 216 g/mol. The van der Waals surface area contributed by atoms with Gasteiger partial charge in [-0.15, -0.1) is 0 Å². The molecule has 0 saturated carbocycles. The molecular formula is C14H14O3. The van der Waals surface area contributed by atoms with Crippen molar-refractivity contribution in [2.75, 3.05) is 6.61 Å². The van der Waals surface area contributed by atoms with Crippen molar-refractivity contribution in [3.63, 3.8) is 0 Å². The highest BCUT2D eigenvalue weighted by atomic mass is 16.5. The minimum absolute atomic E-state index is 0.106. The van der Waals surface area contributed by atoms with Gasteiger partial charge in [0.1, 0.15) is 5.75 Å². The standard InChI is InChI=1S/C14H14O3/c1-3-17-14(16)12-8-13(15)11-7-5-4-6-10(11)9(12)2/h4-8,15H,3H2,1-2H3. The minimum atomic E-state index is -0.397. The zero-order valence-electron chi connectivity index (χ0n) is 9.86. The lowest BCUT2D eigenvalue weighted by atomic mass is 9.99. The van der Waals surface area contributed by atoms with Gasteiger partial charge in [0, 0.05) is 5.39 Å². The van der Waals surface area contributed by atoms with Crippen molar-refractivity contribution in [3.8, 4) is 5.75 Å². The third kappa shape index (κ3) is 1.96. The molecule has 3 heteroatoms. The Balaban J connectivity index is 2.67. The second-order valence-corrected chi connectivity index (χ2v) is 3.83. The highest BCUT2D eigenvalue weighted by Crippen LogP contribution is 2.30. The number of ether oxygens (including phenoxy) is 1. The molecule has 0 fully saturated rings. The van der Waals surface area contributed by atoms with Crippen LogP contribution in [0.15, 0.2) is 30.3 Å². The number of carbonyl (C=O) groups excluding carboxylic acids is 1. The van der Waals surface area contributed by atoms with Gasteiger partial charge in [0.15, 0.2) is 0 Å². The largest absolute Gasteiger partial charge is 0.507 e. The molecule has 0 aliphatic rings. The highest BCUT2D eigenvalue weighted by molar-refractivity contribution is 6.01. The number of benzene rings is 2. The van der Waals surface area contributed by atoms with Crippen LogP contribution in [0.1, 0.15) is 22.8 Å². The second-order valence-electron chi connectivity index (χ2n) is 3.83. The molecule has 0 bridgehead atoms.